The molecule has 2 fully saturated rings. The summed E-state index contributed by atoms with van der Waals surface area (Å²) in [7, 11) is -3.80. The van der Waals surface area contributed by atoms with E-state index in [4.69, 9.17) is 12.2 Å². The Balaban J connectivity index is 1.58. The maximum absolute atomic E-state index is 13.3. The minimum Gasteiger partial charge on any atom is -0.390 e. The molecule has 0 bridgehead atoms. The molecule has 0 amide bonds. The fourth-order valence-electron chi connectivity index (χ4n) is 4.57. The number of aliphatic hydroxyl groups is 2. The van der Waals surface area contributed by atoms with Crippen molar-refractivity contribution in [3.63, 3.8) is 0 Å². The van der Waals surface area contributed by atoms with E-state index in [1.807, 2.05) is 9.80 Å². The van der Waals surface area contributed by atoms with Gasteiger partial charge in [-0.1, -0.05) is 36.5 Å². The molecule has 1 aromatic rings. The average Bonchev–Trinajstić information content (AvgIpc) is 2.77. The molecule has 7 nitrogen and oxygen atoms in total. The number of hydrogen-bond donors (Lipinski definition) is 2. The molecule has 192 valence electrons. The van der Waals surface area contributed by atoms with Crippen LogP contribution in [0.2, 0.25) is 0 Å². The summed E-state index contributed by atoms with van der Waals surface area (Å²) in [6.07, 6.45) is 0.140. The van der Waals surface area contributed by atoms with E-state index in [2.05, 4.69) is 0 Å². The van der Waals surface area contributed by atoms with Crippen LogP contribution in [0.3, 0.4) is 0 Å². The minimum atomic E-state index is -4.82. The zero-order valence-corrected chi connectivity index (χ0v) is 20.8. The summed E-state index contributed by atoms with van der Waals surface area (Å²) >= 11 is 5.28. The van der Waals surface area contributed by atoms with E-state index in [-0.39, 0.29) is 29.6 Å². The standard InChI is InChI=1S/C23H28F3N3O4S2/c1-22(31,23(24,25)26)16-6-8-17(9-7-16)29-11-10-28(13-18(29)12-27-14-19(30)15-27)35(32,33)21-5-3-2-4-20(21)34/h2-3,5-9,18-19,30-31H,4,10-15H2,1H3/t18-,22+/m1/s1. The topological polar surface area (TPSA) is 84.3 Å². The second kappa shape index (κ2) is 9.56. The molecule has 2 N–H and O–H groups in total. The Kier molecular flexibility index (Phi) is 7.17. The summed E-state index contributed by atoms with van der Waals surface area (Å²) in [5.41, 5.74) is -2.63. The van der Waals surface area contributed by atoms with E-state index in [0.717, 1.165) is 0 Å². The Bertz CT molecular complexity index is 1130. The second-order valence-electron chi connectivity index (χ2n) is 9.29. The molecule has 4 rings (SSSR count). The highest BCUT2D eigenvalue weighted by atomic mass is 32.2. The Morgan fingerprint density at radius 3 is 2.34 bits per heavy atom. The lowest BCUT2D eigenvalue weighted by molar-refractivity contribution is -0.258. The normalized spacial score (nSPS) is 24.7. The highest BCUT2D eigenvalue weighted by Gasteiger charge is 2.51. The maximum Gasteiger partial charge on any atom is 0.421 e. The Morgan fingerprint density at radius 1 is 1.11 bits per heavy atom. The lowest BCUT2D eigenvalue weighted by Crippen LogP contribution is -2.62. The van der Waals surface area contributed by atoms with Gasteiger partial charge in [0.2, 0.25) is 10.0 Å². The van der Waals surface area contributed by atoms with Crippen LogP contribution in [0, 0.1) is 0 Å². The van der Waals surface area contributed by atoms with Gasteiger partial charge >= 0.3 is 6.18 Å². The van der Waals surface area contributed by atoms with Gasteiger partial charge in [-0.25, -0.2) is 8.42 Å². The minimum absolute atomic E-state index is 0.125. The van der Waals surface area contributed by atoms with Crippen LogP contribution in [0.1, 0.15) is 18.9 Å². The van der Waals surface area contributed by atoms with Crippen molar-refractivity contribution in [3.05, 3.63) is 53.0 Å². The fourth-order valence-corrected chi connectivity index (χ4v) is 6.64. The number of rotatable bonds is 6. The van der Waals surface area contributed by atoms with Crippen molar-refractivity contribution in [2.75, 3.05) is 44.2 Å². The molecule has 1 aromatic carbocycles. The number of allylic oxidation sites excluding steroid dienone is 4. The zero-order chi connectivity index (χ0) is 25.6. The highest BCUT2D eigenvalue weighted by Crippen LogP contribution is 2.39. The van der Waals surface area contributed by atoms with E-state index in [0.29, 0.717) is 50.1 Å². The van der Waals surface area contributed by atoms with Gasteiger partial charge in [-0.05, 0) is 30.7 Å². The first-order chi connectivity index (χ1) is 16.3. The number of sulfonamides is 1. The first-order valence-electron chi connectivity index (χ1n) is 11.3. The van der Waals surface area contributed by atoms with E-state index < -0.39 is 27.9 Å². The first-order valence-corrected chi connectivity index (χ1v) is 13.1. The largest absolute Gasteiger partial charge is 0.421 e. The number of piperazine rings is 1. The summed E-state index contributed by atoms with van der Waals surface area (Å²) in [6.45, 7) is 2.83. The molecular formula is C23H28F3N3O4S2. The third-order valence-corrected chi connectivity index (χ3v) is 9.21. The third-order valence-electron chi connectivity index (χ3n) is 6.74. The van der Waals surface area contributed by atoms with Crippen LogP contribution in [-0.2, 0) is 15.6 Å². The number of β-amino-alcohol motifs (C(OH)–C–C–N with tert-alkyl or cyclic N) is 1. The van der Waals surface area contributed by atoms with Gasteiger partial charge < -0.3 is 15.1 Å². The number of anilines is 1. The van der Waals surface area contributed by atoms with E-state index in [9.17, 15) is 31.8 Å². The molecule has 35 heavy (non-hydrogen) atoms. The smallest absolute Gasteiger partial charge is 0.390 e. The molecule has 0 aromatic heterocycles. The van der Waals surface area contributed by atoms with Crippen LogP contribution in [0.25, 0.3) is 0 Å². The van der Waals surface area contributed by atoms with Crippen LogP contribution in [0.4, 0.5) is 18.9 Å². The molecular weight excluding hydrogens is 503 g/mol. The molecule has 0 spiro atoms. The maximum atomic E-state index is 13.3. The second-order valence-corrected chi connectivity index (χ2v) is 11.7. The van der Waals surface area contributed by atoms with E-state index in [1.165, 1.54) is 34.6 Å². The molecule has 2 heterocycles. The monoisotopic (exact) mass is 531 g/mol. The van der Waals surface area contributed by atoms with Gasteiger partial charge in [0.15, 0.2) is 5.60 Å². The van der Waals surface area contributed by atoms with Crippen molar-refractivity contribution in [2.24, 2.45) is 0 Å². The Morgan fingerprint density at radius 2 is 1.77 bits per heavy atom. The van der Waals surface area contributed by atoms with Gasteiger partial charge in [0.25, 0.3) is 0 Å². The zero-order valence-electron chi connectivity index (χ0n) is 19.1. The number of aliphatic hydroxyl groups excluding tert-OH is 1. The van der Waals surface area contributed by atoms with Crippen molar-refractivity contribution in [3.8, 4) is 0 Å². The predicted octanol–water partition coefficient (Wildman–Crippen LogP) is 2.17. The SMILES string of the molecule is C[C@](O)(c1ccc(N2CCN(S(=O)(=O)C3=CC=CCC3=S)C[C@H]2CN2CC(O)C2)cc1)C(F)(F)F. The number of nitrogens with zero attached hydrogens (tertiary/aromatic N) is 3. The number of likely N-dealkylation sites (tertiary alicyclic amines) is 1. The highest BCUT2D eigenvalue weighted by molar-refractivity contribution is 7.96. The molecule has 3 aliphatic rings. The van der Waals surface area contributed by atoms with Crippen molar-refractivity contribution in [1.82, 2.24) is 9.21 Å². The molecule has 2 atom stereocenters. The van der Waals surface area contributed by atoms with Gasteiger partial charge in [0, 0.05) is 56.2 Å². The summed E-state index contributed by atoms with van der Waals surface area (Å²) in [5, 5.41) is 19.6. The number of thiocarbonyl (C=S) groups is 1. The third kappa shape index (κ3) is 5.18. The lowest BCUT2D eigenvalue weighted by Gasteiger charge is -2.46. The van der Waals surface area contributed by atoms with Gasteiger partial charge in [-0.2, -0.15) is 17.5 Å². The molecule has 12 heteroatoms. The summed E-state index contributed by atoms with van der Waals surface area (Å²) in [6, 6.07) is 5.22. The molecule has 0 radical (unpaired) electrons. The summed E-state index contributed by atoms with van der Waals surface area (Å²) < 4.78 is 67.8. The van der Waals surface area contributed by atoms with Gasteiger partial charge in [-0.15, -0.1) is 0 Å². The number of halogens is 3. The number of benzene rings is 1. The number of hydrogen-bond acceptors (Lipinski definition) is 7. The van der Waals surface area contributed by atoms with Crippen molar-refractivity contribution in [2.45, 2.75) is 37.3 Å². The summed E-state index contributed by atoms with van der Waals surface area (Å²) in [5.74, 6) is 0. The number of alkyl halides is 3. The van der Waals surface area contributed by atoms with Crippen molar-refractivity contribution in [1.29, 1.82) is 0 Å². The van der Waals surface area contributed by atoms with Crippen LogP contribution < -0.4 is 4.90 Å². The molecule has 1 aliphatic carbocycles. The van der Waals surface area contributed by atoms with Crippen LogP contribution in [0.5, 0.6) is 0 Å². The van der Waals surface area contributed by atoms with Crippen molar-refractivity contribution < 1.29 is 31.8 Å². The van der Waals surface area contributed by atoms with Gasteiger partial charge in [-0.3, -0.25) is 4.90 Å². The van der Waals surface area contributed by atoms with E-state index >= 15 is 0 Å². The lowest BCUT2D eigenvalue weighted by atomic mass is 9.95. The predicted molar refractivity (Wildman–Crippen MR) is 131 cm³/mol. The Labute approximate surface area is 208 Å². The Hall–Kier alpha value is -1.83. The van der Waals surface area contributed by atoms with E-state index in [1.54, 1.807) is 12.2 Å². The van der Waals surface area contributed by atoms with Crippen LogP contribution in [-0.4, -0.2) is 90.3 Å². The quantitative estimate of drug-likeness (QED) is 0.545. The summed E-state index contributed by atoms with van der Waals surface area (Å²) in [4.78, 5) is 4.47. The van der Waals surface area contributed by atoms with Crippen molar-refractivity contribution >= 4 is 32.8 Å². The molecule has 2 saturated heterocycles. The molecule has 0 unspecified atom stereocenters. The van der Waals surface area contributed by atoms with Gasteiger partial charge in [0.05, 0.1) is 17.1 Å². The average molecular weight is 532 g/mol. The first kappa shape index (κ1) is 26.2. The fraction of sp³-hybridized carbons (Fsp3) is 0.522. The van der Waals surface area contributed by atoms with Crippen LogP contribution >= 0.6 is 12.2 Å². The molecule has 2 aliphatic heterocycles. The van der Waals surface area contributed by atoms with Gasteiger partial charge in [0.1, 0.15) is 0 Å². The van der Waals surface area contributed by atoms with Crippen LogP contribution in [0.15, 0.2) is 47.4 Å². The molecule has 0 saturated carbocycles.